The number of halogens is 2. The topological polar surface area (TPSA) is 57.5 Å². The van der Waals surface area contributed by atoms with Crippen molar-refractivity contribution in [3.05, 3.63) is 47.2 Å². The molecular weight excluding hydrogens is 451 g/mol. The van der Waals surface area contributed by atoms with Crippen LogP contribution in [0.5, 0.6) is 0 Å². The number of hydrogen-bond acceptors (Lipinski definition) is 3. The van der Waals surface area contributed by atoms with E-state index < -0.39 is 0 Å². The molecule has 0 spiro atoms. The molecular formula is C17H24ClIN6. The molecule has 0 aliphatic carbocycles. The van der Waals surface area contributed by atoms with Gasteiger partial charge in [0, 0.05) is 50.1 Å². The molecule has 2 aromatic rings. The molecule has 1 aromatic carbocycles. The van der Waals surface area contributed by atoms with Gasteiger partial charge in [-0.05, 0) is 30.7 Å². The average molecular weight is 475 g/mol. The second-order valence-electron chi connectivity index (χ2n) is 5.93. The summed E-state index contributed by atoms with van der Waals surface area (Å²) >= 11 is 6.09. The average Bonchev–Trinajstić information content (AvgIpc) is 3.20. The van der Waals surface area contributed by atoms with Crippen LogP contribution in [0.2, 0.25) is 5.02 Å². The first-order chi connectivity index (χ1) is 11.7. The second kappa shape index (κ2) is 9.28. The fraction of sp³-hybridized carbons (Fsp3) is 0.412. The Hall–Kier alpha value is -1.48. The van der Waals surface area contributed by atoms with Crippen molar-refractivity contribution in [3.63, 3.8) is 0 Å². The molecule has 1 aromatic heterocycles. The van der Waals surface area contributed by atoms with Crippen LogP contribution in [0.1, 0.15) is 12.1 Å². The maximum absolute atomic E-state index is 6.09. The molecule has 1 saturated heterocycles. The van der Waals surface area contributed by atoms with E-state index >= 15 is 0 Å². The summed E-state index contributed by atoms with van der Waals surface area (Å²) in [5.41, 5.74) is 2.29. The third kappa shape index (κ3) is 5.24. The maximum Gasteiger partial charge on any atom is 0.191 e. The number of hydrogen-bond donors (Lipinski definition) is 2. The van der Waals surface area contributed by atoms with E-state index in [1.807, 2.05) is 36.0 Å². The van der Waals surface area contributed by atoms with Gasteiger partial charge in [-0.15, -0.1) is 24.0 Å². The van der Waals surface area contributed by atoms with Crippen LogP contribution < -0.4 is 15.5 Å². The number of nitrogens with zero attached hydrogens (tertiary/aromatic N) is 4. The summed E-state index contributed by atoms with van der Waals surface area (Å²) in [5, 5.41) is 11.8. The standard InChI is InChI=1S/C17H23ClN6.HI/c1-19-17(20-11-16-6-8-21-23(16)2)22-14-7-9-24(12-14)15-5-3-4-13(18)10-15;/h3-6,8,10,14H,7,9,11-12H2,1-2H3,(H2,19,20,22);1H. The molecule has 0 saturated carbocycles. The molecule has 0 bridgehead atoms. The van der Waals surface area contributed by atoms with E-state index in [4.69, 9.17) is 11.6 Å². The molecule has 0 radical (unpaired) electrons. The SMILES string of the molecule is CN=C(NCc1ccnn1C)NC1CCN(c2cccc(Cl)c2)C1.I. The van der Waals surface area contributed by atoms with Crippen LogP contribution >= 0.6 is 35.6 Å². The number of aliphatic imine (C=N–C) groups is 1. The van der Waals surface area contributed by atoms with Crippen LogP contribution in [0.3, 0.4) is 0 Å². The third-order valence-electron chi connectivity index (χ3n) is 4.29. The first-order valence-corrected chi connectivity index (χ1v) is 8.48. The Kier molecular flexibility index (Phi) is 7.37. The fourth-order valence-corrected chi connectivity index (χ4v) is 3.11. The van der Waals surface area contributed by atoms with Gasteiger partial charge in [-0.1, -0.05) is 17.7 Å². The second-order valence-corrected chi connectivity index (χ2v) is 6.36. The lowest BCUT2D eigenvalue weighted by molar-refractivity contribution is 0.637. The van der Waals surface area contributed by atoms with Crippen LogP contribution in [-0.4, -0.2) is 41.9 Å². The number of rotatable bonds is 4. The van der Waals surface area contributed by atoms with E-state index in [2.05, 4.69) is 31.7 Å². The first kappa shape index (κ1) is 19.8. The summed E-state index contributed by atoms with van der Waals surface area (Å²) in [6, 6.07) is 10.4. The van der Waals surface area contributed by atoms with Crippen molar-refractivity contribution in [1.29, 1.82) is 0 Å². The Balaban J connectivity index is 0.00000225. The van der Waals surface area contributed by atoms with Crippen LogP contribution in [0.15, 0.2) is 41.5 Å². The number of aryl methyl sites for hydroxylation is 1. The highest BCUT2D eigenvalue weighted by Gasteiger charge is 2.23. The molecule has 1 aliphatic heterocycles. The smallest absolute Gasteiger partial charge is 0.191 e. The summed E-state index contributed by atoms with van der Waals surface area (Å²) in [6.07, 6.45) is 2.87. The van der Waals surface area contributed by atoms with Gasteiger partial charge in [0.1, 0.15) is 0 Å². The van der Waals surface area contributed by atoms with Crippen molar-refractivity contribution in [2.75, 3.05) is 25.0 Å². The lowest BCUT2D eigenvalue weighted by atomic mass is 10.2. The molecule has 0 amide bonds. The first-order valence-electron chi connectivity index (χ1n) is 8.10. The van der Waals surface area contributed by atoms with Crippen molar-refractivity contribution >= 4 is 47.2 Å². The molecule has 6 nitrogen and oxygen atoms in total. The molecule has 2 heterocycles. The van der Waals surface area contributed by atoms with Gasteiger partial charge in [0.25, 0.3) is 0 Å². The quantitative estimate of drug-likeness (QED) is 0.406. The van der Waals surface area contributed by atoms with Gasteiger partial charge in [-0.3, -0.25) is 9.67 Å². The summed E-state index contributed by atoms with van der Waals surface area (Å²) in [4.78, 5) is 6.66. The molecule has 1 atom stereocenters. The number of benzene rings is 1. The number of aromatic nitrogens is 2. The molecule has 8 heteroatoms. The highest BCUT2D eigenvalue weighted by Crippen LogP contribution is 2.23. The van der Waals surface area contributed by atoms with E-state index in [9.17, 15) is 0 Å². The lowest BCUT2D eigenvalue weighted by Crippen LogP contribution is -2.44. The third-order valence-corrected chi connectivity index (χ3v) is 4.52. The summed E-state index contributed by atoms with van der Waals surface area (Å²) in [7, 11) is 3.73. The monoisotopic (exact) mass is 474 g/mol. The Bertz CT molecular complexity index is 717. The zero-order valence-electron chi connectivity index (χ0n) is 14.4. The van der Waals surface area contributed by atoms with Gasteiger partial charge in [0.05, 0.1) is 12.2 Å². The van der Waals surface area contributed by atoms with Gasteiger partial charge in [0.15, 0.2) is 5.96 Å². The van der Waals surface area contributed by atoms with Crippen LogP contribution in [0, 0.1) is 0 Å². The highest BCUT2D eigenvalue weighted by molar-refractivity contribution is 14.0. The Morgan fingerprint density at radius 1 is 1.40 bits per heavy atom. The van der Waals surface area contributed by atoms with Gasteiger partial charge in [-0.25, -0.2) is 0 Å². The normalized spacial score (nSPS) is 17.3. The van der Waals surface area contributed by atoms with Crippen LogP contribution in [0.25, 0.3) is 0 Å². The zero-order valence-corrected chi connectivity index (χ0v) is 17.5. The van der Waals surface area contributed by atoms with E-state index in [0.29, 0.717) is 12.6 Å². The summed E-state index contributed by atoms with van der Waals surface area (Å²) < 4.78 is 1.86. The molecule has 136 valence electrons. The predicted octanol–water partition coefficient (Wildman–Crippen LogP) is 2.64. The molecule has 1 fully saturated rings. The van der Waals surface area contributed by atoms with Crippen molar-refractivity contribution in [1.82, 2.24) is 20.4 Å². The minimum atomic E-state index is 0. The maximum atomic E-state index is 6.09. The Labute approximate surface area is 170 Å². The van der Waals surface area contributed by atoms with Crippen LogP contribution in [-0.2, 0) is 13.6 Å². The zero-order chi connectivity index (χ0) is 16.9. The number of nitrogens with one attached hydrogen (secondary N) is 2. The van der Waals surface area contributed by atoms with Crippen molar-refractivity contribution in [3.8, 4) is 0 Å². The highest BCUT2D eigenvalue weighted by atomic mass is 127. The predicted molar refractivity (Wildman–Crippen MR) is 114 cm³/mol. The number of guanidine groups is 1. The van der Waals surface area contributed by atoms with E-state index in [-0.39, 0.29) is 24.0 Å². The Morgan fingerprint density at radius 2 is 2.24 bits per heavy atom. The molecule has 1 aliphatic rings. The summed E-state index contributed by atoms with van der Waals surface area (Å²) in [5.74, 6) is 0.814. The molecule has 25 heavy (non-hydrogen) atoms. The lowest BCUT2D eigenvalue weighted by Gasteiger charge is -2.20. The largest absolute Gasteiger partial charge is 0.369 e. The molecule has 1 unspecified atom stereocenters. The van der Waals surface area contributed by atoms with E-state index in [1.54, 1.807) is 13.2 Å². The van der Waals surface area contributed by atoms with Crippen molar-refractivity contribution in [2.24, 2.45) is 12.0 Å². The van der Waals surface area contributed by atoms with Crippen molar-refractivity contribution in [2.45, 2.75) is 19.0 Å². The van der Waals surface area contributed by atoms with E-state index in [1.165, 1.54) is 5.69 Å². The minimum Gasteiger partial charge on any atom is -0.369 e. The van der Waals surface area contributed by atoms with Gasteiger partial charge in [-0.2, -0.15) is 5.10 Å². The van der Waals surface area contributed by atoms with Gasteiger partial charge in [0.2, 0.25) is 0 Å². The molecule has 3 rings (SSSR count). The summed E-state index contributed by atoms with van der Waals surface area (Å²) in [6.45, 7) is 2.64. The van der Waals surface area contributed by atoms with Gasteiger partial charge < -0.3 is 15.5 Å². The van der Waals surface area contributed by atoms with Crippen LogP contribution in [0.4, 0.5) is 5.69 Å². The Morgan fingerprint density at radius 3 is 2.92 bits per heavy atom. The molecule has 2 N–H and O–H groups in total. The van der Waals surface area contributed by atoms with E-state index in [0.717, 1.165) is 36.2 Å². The van der Waals surface area contributed by atoms with Gasteiger partial charge >= 0.3 is 0 Å². The number of anilines is 1. The minimum absolute atomic E-state index is 0. The van der Waals surface area contributed by atoms with Crippen molar-refractivity contribution < 1.29 is 0 Å². The fourth-order valence-electron chi connectivity index (χ4n) is 2.92.